The van der Waals surface area contributed by atoms with Gasteiger partial charge in [0.1, 0.15) is 0 Å². The van der Waals surface area contributed by atoms with Crippen molar-refractivity contribution in [3.05, 3.63) is 146 Å². The maximum atomic E-state index is 10.8. The average Bonchev–Trinajstić information content (AvgIpc) is 3.16. The van der Waals surface area contributed by atoms with Gasteiger partial charge in [-0.1, -0.05) is 180 Å². The zero-order chi connectivity index (χ0) is 39.1. The van der Waals surface area contributed by atoms with Gasteiger partial charge < -0.3 is 9.84 Å². The Balaban J connectivity index is 0. The molecular formula is C50H78O3. The number of rotatable bonds is 31. The molecule has 0 radical (unpaired) electrons. The molecule has 0 saturated heterocycles. The van der Waals surface area contributed by atoms with E-state index in [0.717, 1.165) is 103 Å². The number of hydrogen-bond donors (Lipinski definition) is 1. The summed E-state index contributed by atoms with van der Waals surface area (Å²) in [5, 5.41) is 9.10. The molecule has 2 unspecified atom stereocenters. The predicted molar refractivity (Wildman–Crippen MR) is 237 cm³/mol. The van der Waals surface area contributed by atoms with Crippen LogP contribution in [0.15, 0.2) is 146 Å². The minimum Gasteiger partial charge on any atom is -0.466 e. The topological polar surface area (TPSA) is 46.5 Å². The highest BCUT2D eigenvalue weighted by Gasteiger charge is 2.05. The quantitative estimate of drug-likeness (QED) is 0.0571. The fraction of sp³-hybridized carbons (Fsp3) is 0.500. The van der Waals surface area contributed by atoms with Gasteiger partial charge in [0.2, 0.25) is 0 Å². The molecule has 0 aliphatic heterocycles. The third-order valence-corrected chi connectivity index (χ3v) is 8.07. The molecule has 53 heavy (non-hydrogen) atoms. The molecule has 0 fully saturated rings. The first-order valence-electron chi connectivity index (χ1n) is 20.6. The second-order valence-corrected chi connectivity index (χ2v) is 12.8. The lowest BCUT2D eigenvalue weighted by atomic mass is 10.0. The first kappa shape index (κ1) is 51.4. The zero-order valence-electron chi connectivity index (χ0n) is 34.5. The summed E-state index contributed by atoms with van der Waals surface area (Å²) in [7, 11) is 0. The third kappa shape index (κ3) is 46.3. The zero-order valence-corrected chi connectivity index (χ0v) is 34.5. The lowest BCUT2D eigenvalue weighted by Gasteiger charge is -2.11. The van der Waals surface area contributed by atoms with Gasteiger partial charge in [0, 0.05) is 13.5 Å². The van der Waals surface area contributed by atoms with Crippen molar-refractivity contribution in [3.8, 4) is 0 Å². The van der Waals surface area contributed by atoms with E-state index in [0.29, 0.717) is 25.0 Å². The van der Waals surface area contributed by atoms with Crippen molar-refractivity contribution in [2.45, 2.75) is 137 Å². The van der Waals surface area contributed by atoms with E-state index in [1.807, 2.05) is 0 Å². The minimum absolute atomic E-state index is 0.193. The highest BCUT2D eigenvalue weighted by molar-refractivity contribution is 5.65. The summed E-state index contributed by atoms with van der Waals surface area (Å²) in [5.41, 5.74) is 0. The summed E-state index contributed by atoms with van der Waals surface area (Å²) in [6.07, 6.45) is 69.3. The van der Waals surface area contributed by atoms with E-state index < -0.39 is 0 Å². The van der Waals surface area contributed by atoms with Gasteiger partial charge in [0.05, 0.1) is 6.61 Å². The molecule has 0 saturated carbocycles. The molecule has 2 atom stereocenters. The second-order valence-electron chi connectivity index (χ2n) is 12.8. The van der Waals surface area contributed by atoms with Gasteiger partial charge in [-0.05, 0) is 108 Å². The molecule has 0 aliphatic carbocycles. The Kier molecular flexibility index (Phi) is 44.9. The number of allylic oxidation sites excluding steroid dienone is 24. The first-order valence-corrected chi connectivity index (χ1v) is 20.6. The molecular weight excluding hydrogens is 649 g/mol. The van der Waals surface area contributed by atoms with Crippen molar-refractivity contribution in [2.75, 3.05) is 13.2 Å². The monoisotopic (exact) mass is 727 g/mol. The first-order chi connectivity index (χ1) is 26.0. The number of carbonyl (C=O) groups is 1. The van der Waals surface area contributed by atoms with Crippen LogP contribution in [0.5, 0.6) is 0 Å². The van der Waals surface area contributed by atoms with Gasteiger partial charge in [0.15, 0.2) is 0 Å². The lowest BCUT2D eigenvalue weighted by molar-refractivity contribution is -0.142. The van der Waals surface area contributed by atoms with Gasteiger partial charge in [-0.25, -0.2) is 0 Å². The summed E-state index contributed by atoms with van der Waals surface area (Å²) in [4.78, 5) is 10.8. The number of aliphatic hydroxyl groups excluding tert-OH is 1. The van der Waals surface area contributed by atoms with Crippen LogP contribution in [0.4, 0.5) is 0 Å². The summed E-state index contributed by atoms with van der Waals surface area (Å²) >= 11 is 0. The third-order valence-electron chi connectivity index (χ3n) is 8.07. The van der Waals surface area contributed by atoms with Crippen LogP contribution in [-0.2, 0) is 9.53 Å². The summed E-state index contributed by atoms with van der Waals surface area (Å²) in [6.45, 7) is 10.9. The van der Waals surface area contributed by atoms with Gasteiger partial charge in [-0.3, -0.25) is 4.79 Å². The van der Waals surface area contributed by atoms with Crippen molar-refractivity contribution < 1.29 is 14.6 Å². The molecule has 0 spiro atoms. The second kappa shape index (κ2) is 46.3. The molecule has 0 aromatic rings. The highest BCUT2D eigenvalue weighted by Crippen LogP contribution is 2.10. The van der Waals surface area contributed by atoms with Crippen LogP contribution in [0.25, 0.3) is 0 Å². The summed E-state index contributed by atoms with van der Waals surface area (Å²) in [5.74, 6) is 0.652. The Bertz CT molecular complexity index is 1150. The number of aliphatic hydroxyl groups is 1. The SMILES string of the molecule is CC/C=C\C/C=C\C/C=C\C/C=C\C/C=C\C/C=C\CC(CC)CO.CC/C=C\C/C=C\C/C=C\C/C=C\C/C=C\C/C=C\CC(CC)COC(C)=O. The van der Waals surface area contributed by atoms with Gasteiger partial charge in [-0.2, -0.15) is 0 Å². The number of hydrogen-bond acceptors (Lipinski definition) is 3. The summed E-state index contributed by atoms with van der Waals surface area (Å²) in [6, 6.07) is 0. The molecule has 0 aromatic heterocycles. The van der Waals surface area contributed by atoms with Crippen LogP contribution in [0.1, 0.15) is 137 Å². The normalized spacial score (nSPS) is 14.2. The Morgan fingerprint density at radius 2 is 0.660 bits per heavy atom. The molecule has 0 rings (SSSR count). The molecule has 0 amide bonds. The molecule has 0 aliphatic rings. The number of ether oxygens (including phenoxy) is 1. The maximum absolute atomic E-state index is 10.8. The highest BCUT2D eigenvalue weighted by atomic mass is 16.5. The molecule has 3 heteroatoms. The van der Waals surface area contributed by atoms with Gasteiger partial charge >= 0.3 is 5.97 Å². The van der Waals surface area contributed by atoms with Crippen LogP contribution in [0.3, 0.4) is 0 Å². The molecule has 0 aromatic carbocycles. The Morgan fingerprint density at radius 1 is 0.415 bits per heavy atom. The van der Waals surface area contributed by atoms with Crippen molar-refractivity contribution in [2.24, 2.45) is 11.8 Å². The fourth-order valence-electron chi connectivity index (χ4n) is 4.58. The van der Waals surface area contributed by atoms with Gasteiger partial charge in [-0.15, -0.1) is 0 Å². The van der Waals surface area contributed by atoms with E-state index in [9.17, 15) is 4.79 Å². The number of carbonyl (C=O) groups excluding carboxylic acids is 1. The van der Waals surface area contributed by atoms with Crippen LogP contribution in [-0.4, -0.2) is 24.3 Å². The molecule has 1 N–H and O–H groups in total. The summed E-state index contributed by atoms with van der Waals surface area (Å²) < 4.78 is 5.08. The minimum atomic E-state index is -0.193. The van der Waals surface area contributed by atoms with Gasteiger partial charge in [0.25, 0.3) is 0 Å². The fourth-order valence-corrected chi connectivity index (χ4v) is 4.58. The maximum Gasteiger partial charge on any atom is 0.302 e. The predicted octanol–water partition coefficient (Wildman–Crippen LogP) is 14.8. The van der Waals surface area contributed by atoms with Crippen molar-refractivity contribution >= 4 is 5.97 Å². The van der Waals surface area contributed by atoms with E-state index in [-0.39, 0.29) is 5.97 Å². The Labute approximate surface area is 327 Å². The Hall–Kier alpha value is -3.69. The smallest absolute Gasteiger partial charge is 0.302 e. The Morgan fingerprint density at radius 3 is 0.887 bits per heavy atom. The van der Waals surface area contributed by atoms with Crippen LogP contribution < -0.4 is 0 Å². The van der Waals surface area contributed by atoms with Crippen LogP contribution in [0, 0.1) is 11.8 Å². The molecule has 296 valence electrons. The number of esters is 1. The van der Waals surface area contributed by atoms with Crippen molar-refractivity contribution in [1.82, 2.24) is 0 Å². The van der Waals surface area contributed by atoms with Crippen LogP contribution >= 0.6 is 0 Å². The van der Waals surface area contributed by atoms with E-state index in [2.05, 4.69) is 174 Å². The largest absolute Gasteiger partial charge is 0.466 e. The van der Waals surface area contributed by atoms with E-state index in [1.54, 1.807) is 0 Å². The van der Waals surface area contributed by atoms with E-state index in [4.69, 9.17) is 9.84 Å². The molecule has 3 nitrogen and oxygen atoms in total. The molecule has 0 heterocycles. The lowest BCUT2D eigenvalue weighted by Crippen LogP contribution is -2.10. The van der Waals surface area contributed by atoms with E-state index >= 15 is 0 Å². The van der Waals surface area contributed by atoms with Crippen molar-refractivity contribution in [3.63, 3.8) is 0 Å². The van der Waals surface area contributed by atoms with E-state index in [1.165, 1.54) is 6.92 Å². The average molecular weight is 727 g/mol. The molecule has 0 bridgehead atoms. The van der Waals surface area contributed by atoms with Crippen LogP contribution in [0.2, 0.25) is 0 Å². The standard InChI is InChI=1S/C26H40O2.C24H38O/c1-4-6-7-8-9-10-11-12-13-14-15-16-17-18-19-20-21-22-23-26(5-2)24-28-25(3)27;1-3-5-6-7-8-9-10-11-12-13-14-15-16-17-18-19-20-21-22-24(4-2)23-25/h6-7,9-10,12-13,15-16,18-19,21-22,26H,4-5,8,11,14,17,20,23-24H2,1-3H3;5-6,8-9,11-12,14-15,17-18,20-21,24-25H,3-4,7,10,13,16,19,22-23H2,1-2H3/b7-6-,10-9-,13-12-,16-15-,19-18-,22-21-;6-5-,9-8-,12-11-,15-14-,18-17-,21-20-. The van der Waals surface area contributed by atoms with Crippen molar-refractivity contribution in [1.29, 1.82) is 0 Å².